The van der Waals surface area contributed by atoms with Gasteiger partial charge in [0.25, 0.3) is 0 Å². The van der Waals surface area contributed by atoms with Crippen molar-refractivity contribution in [2.24, 2.45) is 0 Å². The lowest BCUT2D eigenvalue weighted by atomic mass is 10.1. The lowest BCUT2D eigenvalue weighted by Crippen LogP contribution is -2.36. The molecule has 2 aliphatic heterocycles. The zero-order valence-corrected chi connectivity index (χ0v) is 20.8. The maximum atomic E-state index is 13.2. The monoisotopic (exact) mass is 542 g/mol. The minimum Gasteiger partial charge on any atom is -0.381 e. The summed E-state index contributed by atoms with van der Waals surface area (Å²) in [6.07, 6.45) is -0.988. The van der Waals surface area contributed by atoms with Gasteiger partial charge in [-0.25, -0.2) is 14.2 Å². The van der Waals surface area contributed by atoms with Gasteiger partial charge in [0.15, 0.2) is 5.82 Å². The van der Waals surface area contributed by atoms with Gasteiger partial charge in [-0.2, -0.15) is 18.3 Å². The molecule has 2 aliphatic rings. The Morgan fingerprint density at radius 3 is 2.56 bits per heavy atom. The second-order valence-corrected chi connectivity index (χ2v) is 9.32. The maximum absolute atomic E-state index is 13.2. The number of benzene rings is 1. The number of ether oxygens (including phenoxy) is 2. The van der Waals surface area contributed by atoms with Crippen LogP contribution in [0.5, 0.6) is 0 Å². The van der Waals surface area contributed by atoms with Crippen LogP contribution >= 0.6 is 0 Å². The number of carbonyl (C=O) groups excluding carboxylic acids is 1. The van der Waals surface area contributed by atoms with Gasteiger partial charge in [0, 0.05) is 43.1 Å². The predicted octanol–water partition coefficient (Wildman–Crippen LogP) is 3.34. The second-order valence-electron chi connectivity index (χ2n) is 9.32. The van der Waals surface area contributed by atoms with Crippen molar-refractivity contribution in [2.75, 3.05) is 49.7 Å². The summed E-state index contributed by atoms with van der Waals surface area (Å²) in [5, 5.41) is 14.7. The van der Waals surface area contributed by atoms with E-state index in [4.69, 9.17) is 9.47 Å². The molecule has 1 N–H and O–H groups in total. The van der Waals surface area contributed by atoms with Crippen LogP contribution in [-0.4, -0.2) is 81.2 Å². The van der Waals surface area contributed by atoms with Crippen molar-refractivity contribution in [3.63, 3.8) is 0 Å². The number of nitrogens with zero attached hydrogens (tertiary/aromatic N) is 7. The van der Waals surface area contributed by atoms with Gasteiger partial charge in [0.2, 0.25) is 0 Å². The Labute approximate surface area is 220 Å². The molecule has 2 saturated heterocycles. The number of morpholine rings is 1. The van der Waals surface area contributed by atoms with Crippen LogP contribution in [0, 0.1) is 0 Å². The summed E-state index contributed by atoms with van der Waals surface area (Å²) >= 11 is 0. The number of alkyl halides is 3. The average Bonchev–Trinajstić information content (AvgIpc) is 3.59. The molecule has 39 heavy (non-hydrogen) atoms. The third-order valence-electron chi connectivity index (χ3n) is 6.95. The number of amides is 1. The highest BCUT2D eigenvalue weighted by Crippen LogP contribution is 2.38. The number of aromatic nitrogens is 6. The number of hydrogen-bond donors (Lipinski definition) is 1. The molecule has 11 nitrogen and oxygen atoms in total. The molecule has 6 rings (SSSR count). The maximum Gasteiger partial charge on any atom is 0.471 e. The summed E-state index contributed by atoms with van der Waals surface area (Å²) in [5.41, 5.74) is 3.67. The molecule has 0 bridgehead atoms. The van der Waals surface area contributed by atoms with Gasteiger partial charge in [0.1, 0.15) is 11.8 Å². The minimum atomic E-state index is -5.09. The summed E-state index contributed by atoms with van der Waals surface area (Å²) in [5.74, 6) is -2.39. The van der Waals surface area contributed by atoms with Gasteiger partial charge in [0.05, 0.1) is 36.8 Å². The van der Waals surface area contributed by atoms with Gasteiger partial charge in [-0.3, -0.25) is 4.79 Å². The van der Waals surface area contributed by atoms with Crippen LogP contribution in [0.4, 0.5) is 24.7 Å². The molecule has 1 amide bonds. The van der Waals surface area contributed by atoms with Crippen LogP contribution in [0.25, 0.3) is 28.0 Å². The van der Waals surface area contributed by atoms with Crippen molar-refractivity contribution < 1.29 is 27.4 Å². The zero-order valence-electron chi connectivity index (χ0n) is 20.8. The Morgan fingerprint density at radius 2 is 1.79 bits per heavy atom. The van der Waals surface area contributed by atoms with Gasteiger partial charge < -0.3 is 19.7 Å². The molecule has 0 radical (unpaired) electrons. The fourth-order valence-electron chi connectivity index (χ4n) is 5.04. The molecular weight excluding hydrogens is 517 g/mol. The zero-order chi connectivity index (χ0) is 27.0. The number of halogens is 3. The quantitative estimate of drug-likeness (QED) is 0.409. The first-order valence-electron chi connectivity index (χ1n) is 12.6. The first-order valence-corrected chi connectivity index (χ1v) is 12.6. The molecule has 0 atom stereocenters. The number of anilines is 2. The standard InChI is InChI=1S/C25H25F3N8O3/c26-25(27,28)24(37)32-23-22-19(21-14-30-33-35(21)17-4-8-38-9-5-17)13-20(36(22)31-15-29-23)16-2-1-3-18(12-16)34-6-10-39-11-7-34/h1-3,12-15,17H,4-11H2,(H,29,31,32,37). The number of carbonyl (C=O) groups is 1. The van der Waals surface area contributed by atoms with E-state index in [1.54, 1.807) is 10.9 Å². The van der Waals surface area contributed by atoms with E-state index in [-0.39, 0.29) is 17.4 Å². The van der Waals surface area contributed by atoms with Gasteiger partial charge >= 0.3 is 12.1 Å². The van der Waals surface area contributed by atoms with Crippen molar-refractivity contribution in [1.82, 2.24) is 29.6 Å². The molecule has 0 saturated carbocycles. The summed E-state index contributed by atoms with van der Waals surface area (Å²) < 4.78 is 53.8. The molecule has 0 unspecified atom stereocenters. The normalized spacial score (nSPS) is 17.1. The van der Waals surface area contributed by atoms with Gasteiger partial charge in [-0.1, -0.05) is 17.3 Å². The number of fused-ring (bicyclic) bond motifs is 1. The van der Waals surface area contributed by atoms with E-state index in [2.05, 4.69) is 25.3 Å². The number of hydrogen-bond acceptors (Lipinski definition) is 8. The SMILES string of the molecule is O=C(Nc1ncnn2c(-c3cccc(N4CCOCC4)c3)cc(-c3cnnn3C3CCOCC3)c12)C(F)(F)F. The summed E-state index contributed by atoms with van der Waals surface area (Å²) in [7, 11) is 0. The van der Waals surface area contributed by atoms with Crippen LogP contribution in [0.15, 0.2) is 42.9 Å². The van der Waals surface area contributed by atoms with E-state index >= 15 is 0 Å². The van der Waals surface area contributed by atoms with E-state index in [1.165, 1.54) is 4.52 Å². The molecule has 1 aromatic carbocycles. The van der Waals surface area contributed by atoms with Crippen LogP contribution in [-0.2, 0) is 14.3 Å². The van der Waals surface area contributed by atoms with E-state index in [1.807, 2.05) is 35.6 Å². The van der Waals surface area contributed by atoms with Crippen molar-refractivity contribution in [2.45, 2.75) is 25.1 Å². The average molecular weight is 543 g/mol. The number of nitrogens with one attached hydrogen (secondary N) is 1. The van der Waals surface area contributed by atoms with E-state index < -0.39 is 12.1 Å². The molecular formula is C25H25F3N8O3. The predicted molar refractivity (Wildman–Crippen MR) is 134 cm³/mol. The largest absolute Gasteiger partial charge is 0.471 e. The van der Waals surface area contributed by atoms with Crippen molar-refractivity contribution in [3.05, 3.63) is 42.9 Å². The lowest BCUT2D eigenvalue weighted by Gasteiger charge is -2.29. The molecule has 0 spiro atoms. The van der Waals surface area contributed by atoms with Crippen molar-refractivity contribution >= 4 is 22.9 Å². The third kappa shape index (κ3) is 4.92. The molecule has 204 valence electrons. The van der Waals surface area contributed by atoms with Gasteiger partial charge in [-0.05, 0) is 31.0 Å². The highest BCUT2D eigenvalue weighted by Gasteiger charge is 2.39. The van der Waals surface area contributed by atoms with Crippen molar-refractivity contribution in [3.8, 4) is 22.5 Å². The lowest BCUT2D eigenvalue weighted by molar-refractivity contribution is -0.167. The third-order valence-corrected chi connectivity index (χ3v) is 6.95. The summed E-state index contributed by atoms with van der Waals surface area (Å²) in [6, 6.07) is 9.64. The fraction of sp³-hybridized carbons (Fsp3) is 0.400. The van der Waals surface area contributed by atoms with Crippen molar-refractivity contribution in [1.29, 1.82) is 0 Å². The molecule has 4 aromatic rings. The van der Waals surface area contributed by atoms with Crippen LogP contribution in [0.3, 0.4) is 0 Å². The Hall–Kier alpha value is -4.04. The Bertz CT molecular complexity index is 1490. The smallest absolute Gasteiger partial charge is 0.381 e. The molecule has 3 aromatic heterocycles. The molecule has 0 aliphatic carbocycles. The Balaban J connectivity index is 1.51. The minimum absolute atomic E-state index is 0.00264. The van der Waals surface area contributed by atoms with Crippen LogP contribution in [0.2, 0.25) is 0 Å². The number of rotatable bonds is 5. The van der Waals surface area contributed by atoms with Crippen LogP contribution < -0.4 is 10.2 Å². The van der Waals surface area contributed by atoms with E-state index in [0.717, 1.165) is 30.7 Å². The van der Waals surface area contributed by atoms with Gasteiger partial charge in [-0.15, -0.1) is 5.10 Å². The molecule has 2 fully saturated rings. The Morgan fingerprint density at radius 1 is 1.03 bits per heavy atom. The molecule has 14 heteroatoms. The molecule has 5 heterocycles. The first kappa shape index (κ1) is 25.2. The first-order chi connectivity index (χ1) is 18.9. The topological polar surface area (TPSA) is 112 Å². The highest BCUT2D eigenvalue weighted by molar-refractivity contribution is 6.01. The van der Waals surface area contributed by atoms with E-state index in [9.17, 15) is 18.0 Å². The Kier molecular flexibility index (Phi) is 6.64. The summed E-state index contributed by atoms with van der Waals surface area (Å²) in [4.78, 5) is 18.1. The highest BCUT2D eigenvalue weighted by atomic mass is 19.4. The van der Waals surface area contributed by atoms with Crippen LogP contribution in [0.1, 0.15) is 18.9 Å². The summed E-state index contributed by atoms with van der Waals surface area (Å²) in [6.45, 7) is 3.87. The fourth-order valence-corrected chi connectivity index (χ4v) is 5.04. The second kappa shape index (κ2) is 10.3. The van der Waals surface area contributed by atoms with E-state index in [0.29, 0.717) is 56.2 Å².